The highest BCUT2D eigenvalue weighted by Gasteiger charge is 2.01. The number of nitrogens with zero attached hydrogens (tertiary/aromatic N) is 2. The second kappa shape index (κ2) is 7.93. The molecule has 3 N–H and O–H groups in total. The molecule has 4 heteroatoms. The van der Waals surface area contributed by atoms with Gasteiger partial charge in [-0.1, -0.05) is 13.8 Å². The third kappa shape index (κ3) is 4.92. The van der Waals surface area contributed by atoms with Crippen molar-refractivity contribution in [1.82, 2.24) is 9.88 Å². The highest BCUT2D eigenvalue weighted by atomic mass is 15.1. The van der Waals surface area contributed by atoms with E-state index in [0.29, 0.717) is 0 Å². The Morgan fingerprint density at radius 3 is 2.61 bits per heavy atom. The number of unbranched alkanes of at least 4 members (excludes halogenated alkanes) is 1. The van der Waals surface area contributed by atoms with Gasteiger partial charge in [0.25, 0.3) is 0 Å². The van der Waals surface area contributed by atoms with E-state index in [0.717, 1.165) is 43.3 Å². The molecule has 4 nitrogen and oxygen atoms in total. The van der Waals surface area contributed by atoms with Gasteiger partial charge in [-0.15, -0.1) is 0 Å². The van der Waals surface area contributed by atoms with Gasteiger partial charge in [0.2, 0.25) is 0 Å². The molecule has 1 heterocycles. The fourth-order valence-corrected chi connectivity index (χ4v) is 1.92. The second-order valence-corrected chi connectivity index (χ2v) is 4.55. The first kappa shape index (κ1) is 14.8. The number of nitrogens with two attached hydrogens (primary N) is 1. The number of nitrogens with one attached hydrogen (secondary N) is 1. The number of aromatic nitrogens is 1. The fourth-order valence-electron chi connectivity index (χ4n) is 1.92. The summed E-state index contributed by atoms with van der Waals surface area (Å²) in [6, 6.07) is 3.83. The van der Waals surface area contributed by atoms with Gasteiger partial charge in [-0.3, -0.25) is 0 Å². The average Bonchev–Trinajstić information content (AvgIpc) is 2.38. The smallest absolute Gasteiger partial charge is 0.149 e. The van der Waals surface area contributed by atoms with Crippen LogP contribution < -0.4 is 11.1 Å². The molecule has 0 aliphatic rings. The van der Waals surface area contributed by atoms with E-state index in [2.05, 4.69) is 29.0 Å². The predicted molar refractivity (Wildman–Crippen MR) is 78.9 cm³/mol. The standard InChI is InChI=1S/C14H26N4/c1-4-18(5-2)11-7-6-10-16-14-13(15)9-8-12(3)17-14/h8-9H,4-7,10-11,15H2,1-3H3,(H,16,17). The molecule has 0 unspecified atom stereocenters. The number of hydrogen-bond donors (Lipinski definition) is 2. The van der Waals surface area contributed by atoms with Crippen LogP contribution in [0.15, 0.2) is 12.1 Å². The molecule has 1 rings (SSSR count). The number of hydrogen-bond acceptors (Lipinski definition) is 4. The minimum absolute atomic E-state index is 0.726. The quantitative estimate of drug-likeness (QED) is 0.696. The summed E-state index contributed by atoms with van der Waals surface area (Å²) in [5.41, 5.74) is 7.58. The largest absolute Gasteiger partial charge is 0.396 e. The molecular weight excluding hydrogens is 224 g/mol. The van der Waals surface area contributed by atoms with E-state index in [-0.39, 0.29) is 0 Å². The molecule has 0 aliphatic carbocycles. The van der Waals surface area contributed by atoms with E-state index in [4.69, 9.17) is 5.73 Å². The molecule has 0 bridgehead atoms. The lowest BCUT2D eigenvalue weighted by Crippen LogP contribution is -2.24. The molecule has 0 saturated heterocycles. The van der Waals surface area contributed by atoms with Gasteiger partial charge < -0.3 is 16.0 Å². The first-order valence-electron chi connectivity index (χ1n) is 6.86. The highest BCUT2D eigenvalue weighted by Crippen LogP contribution is 2.15. The molecular formula is C14H26N4. The van der Waals surface area contributed by atoms with Crippen molar-refractivity contribution >= 4 is 11.5 Å². The fraction of sp³-hybridized carbons (Fsp3) is 0.643. The van der Waals surface area contributed by atoms with Crippen molar-refractivity contribution in [2.24, 2.45) is 0 Å². The number of nitrogen functional groups attached to an aromatic ring is 1. The monoisotopic (exact) mass is 250 g/mol. The van der Waals surface area contributed by atoms with Crippen LogP contribution in [0.2, 0.25) is 0 Å². The molecule has 0 atom stereocenters. The van der Waals surface area contributed by atoms with Gasteiger partial charge in [0.05, 0.1) is 5.69 Å². The first-order valence-corrected chi connectivity index (χ1v) is 6.86. The van der Waals surface area contributed by atoms with Crippen LogP contribution in [-0.2, 0) is 0 Å². The topological polar surface area (TPSA) is 54.2 Å². The van der Waals surface area contributed by atoms with Gasteiger partial charge in [-0.05, 0) is 51.5 Å². The molecule has 1 aromatic heterocycles. The normalized spacial score (nSPS) is 10.9. The summed E-state index contributed by atoms with van der Waals surface area (Å²) in [5.74, 6) is 0.817. The Bertz CT molecular complexity index is 348. The van der Waals surface area contributed by atoms with Crippen molar-refractivity contribution in [2.75, 3.05) is 37.2 Å². The zero-order chi connectivity index (χ0) is 13.4. The molecule has 1 aromatic rings. The Morgan fingerprint density at radius 2 is 1.94 bits per heavy atom. The van der Waals surface area contributed by atoms with E-state index in [1.807, 2.05) is 19.1 Å². The minimum Gasteiger partial charge on any atom is -0.396 e. The van der Waals surface area contributed by atoms with Gasteiger partial charge in [-0.25, -0.2) is 4.98 Å². The Labute approximate surface area is 111 Å². The molecule has 0 aromatic carbocycles. The summed E-state index contributed by atoms with van der Waals surface area (Å²) in [6.07, 6.45) is 2.35. The lowest BCUT2D eigenvalue weighted by molar-refractivity contribution is 0.298. The Morgan fingerprint density at radius 1 is 1.22 bits per heavy atom. The number of aryl methyl sites for hydroxylation is 1. The summed E-state index contributed by atoms with van der Waals surface area (Å²) in [6.45, 7) is 10.8. The van der Waals surface area contributed by atoms with Gasteiger partial charge in [0.1, 0.15) is 5.82 Å². The predicted octanol–water partition coefficient (Wildman–Crippen LogP) is 2.51. The third-order valence-electron chi connectivity index (χ3n) is 3.15. The maximum Gasteiger partial charge on any atom is 0.149 e. The summed E-state index contributed by atoms with van der Waals surface area (Å²) >= 11 is 0. The lowest BCUT2D eigenvalue weighted by atomic mass is 10.2. The summed E-state index contributed by atoms with van der Waals surface area (Å²) in [5, 5.41) is 3.31. The second-order valence-electron chi connectivity index (χ2n) is 4.55. The zero-order valence-electron chi connectivity index (χ0n) is 11.9. The van der Waals surface area contributed by atoms with Crippen LogP contribution in [0.3, 0.4) is 0 Å². The Hall–Kier alpha value is -1.29. The number of anilines is 2. The molecule has 0 aliphatic heterocycles. The highest BCUT2D eigenvalue weighted by molar-refractivity contribution is 5.61. The average molecular weight is 250 g/mol. The number of rotatable bonds is 8. The van der Waals surface area contributed by atoms with Crippen molar-refractivity contribution in [3.05, 3.63) is 17.8 Å². The summed E-state index contributed by atoms with van der Waals surface area (Å²) in [7, 11) is 0. The molecule has 0 radical (unpaired) electrons. The maximum absolute atomic E-state index is 5.86. The molecule has 18 heavy (non-hydrogen) atoms. The van der Waals surface area contributed by atoms with E-state index in [1.165, 1.54) is 13.0 Å². The maximum atomic E-state index is 5.86. The van der Waals surface area contributed by atoms with Gasteiger partial charge in [0, 0.05) is 12.2 Å². The summed E-state index contributed by atoms with van der Waals surface area (Å²) < 4.78 is 0. The first-order chi connectivity index (χ1) is 8.67. The van der Waals surface area contributed by atoms with Crippen molar-refractivity contribution in [1.29, 1.82) is 0 Å². The van der Waals surface area contributed by atoms with Crippen LogP contribution >= 0.6 is 0 Å². The van der Waals surface area contributed by atoms with E-state index >= 15 is 0 Å². The van der Waals surface area contributed by atoms with Crippen molar-refractivity contribution < 1.29 is 0 Å². The lowest BCUT2D eigenvalue weighted by Gasteiger charge is -2.17. The molecule has 0 fully saturated rings. The van der Waals surface area contributed by atoms with Crippen LogP contribution in [-0.4, -0.2) is 36.1 Å². The minimum atomic E-state index is 0.726. The number of pyridine rings is 1. The van der Waals surface area contributed by atoms with Gasteiger partial charge >= 0.3 is 0 Å². The van der Waals surface area contributed by atoms with E-state index < -0.39 is 0 Å². The van der Waals surface area contributed by atoms with E-state index in [1.54, 1.807) is 0 Å². The molecule has 102 valence electrons. The third-order valence-corrected chi connectivity index (χ3v) is 3.15. The van der Waals surface area contributed by atoms with Gasteiger partial charge in [0.15, 0.2) is 0 Å². The van der Waals surface area contributed by atoms with Crippen molar-refractivity contribution in [3.63, 3.8) is 0 Å². The van der Waals surface area contributed by atoms with Crippen molar-refractivity contribution in [2.45, 2.75) is 33.6 Å². The zero-order valence-corrected chi connectivity index (χ0v) is 11.9. The molecule has 0 saturated carbocycles. The van der Waals surface area contributed by atoms with Crippen molar-refractivity contribution in [3.8, 4) is 0 Å². The summed E-state index contributed by atoms with van der Waals surface area (Å²) in [4.78, 5) is 6.84. The van der Waals surface area contributed by atoms with Crippen LogP contribution in [0.4, 0.5) is 11.5 Å². The van der Waals surface area contributed by atoms with Crippen LogP contribution in [0.1, 0.15) is 32.4 Å². The molecule has 0 amide bonds. The van der Waals surface area contributed by atoms with E-state index in [9.17, 15) is 0 Å². The Kier molecular flexibility index (Phi) is 6.50. The Balaban J connectivity index is 2.23. The van der Waals surface area contributed by atoms with Crippen LogP contribution in [0, 0.1) is 6.92 Å². The van der Waals surface area contributed by atoms with Crippen LogP contribution in [0.25, 0.3) is 0 Å². The van der Waals surface area contributed by atoms with Crippen LogP contribution in [0.5, 0.6) is 0 Å². The van der Waals surface area contributed by atoms with Gasteiger partial charge in [-0.2, -0.15) is 0 Å². The molecule has 0 spiro atoms. The SMILES string of the molecule is CCN(CC)CCCCNc1nc(C)ccc1N.